The number of anilines is 1. The quantitative estimate of drug-likeness (QED) is 0.114. The molecule has 14 nitrogen and oxygen atoms in total. The van der Waals surface area contributed by atoms with E-state index in [4.69, 9.17) is 4.74 Å². The van der Waals surface area contributed by atoms with E-state index in [1.54, 1.807) is 26.0 Å². The fraction of sp³-hybridized carbons (Fsp3) is 0.405. The van der Waals surface area contributed by atoms with E-state index in [2.05, 4.69) is 26.6 Å². The number of likely N-dealkylation sites (N-methyl/N-ethyl adjacent to an activating group) is 1. The van der Waals surface area contributed by atoms with E-state index >= 15 is 0 Å². The number of carbonyl (C=O) groups is 4. The summed E-state index contributed by atoms with van der Waals surface area (Å²) < 4.78 is 31.0. The molecule has 0 spiro atoms. The largest absolute Gasteiger partial charge is 0.504 e. The Hall–Kier alpha value is -5.15. The van der Waals surface area contributed by atoms with Gasteiger partial charge in [0.15, 0.2) is 11.5 Å². The number of hydrogen-bond acceptors (Lipinski definition) is 9. The highest BCUT2D eigenvalue weighted by molar-refractivity contribution is 7.92. The van der Waals surface area contributed by atoms with Crippen LogP contribution >= 0.6 is 0 Å². The van der Waals surface area contributed by atoms with Crippen LogP contribution in [0.2, 0.25) is 0 Å². The predicted octanol–water partition coefficient (Wildman–Crippen LogP) is 2.32. The van der Waals surface area contributed by atoms with Crippen molar-refractivity contribution in [2.45, 2.75) is 58.8 Å². The van der Waals surface area contributed by atoms with Gasteiger partial charge in [-0.3, -0.25) is 23.5 Å². The molecule has 15 heteroatoms. The maximum atomic E-state index is 13.9. The molecular formula is C37H50N6O8S. The van der Waals surface area contributed by atoms with Crippen LogP contribution in [0.1, 0.15) is 59.5 Å². The molecule has 0 aliphatic carbocycles. The minimum absolute atomic E-state index is 0.0296. The lowest BCUT2D eigenvalue weighted by molar-refractivity contribution is -0.130. The number of nitrogens with zero attached hydrogens (tertiary/aromatic N) is 1. The Labute approximate surface area is 305 Å². The highest BCUT2D eigenvalue weighted by Gasteiger charge is 2.27. The lowest BCUT2D eigenvalue weighted by Crippen LogP contribution is -2.55. The van der Waals surface area contributed by atoms with Gasteiger partial charge in [0.1, 0.15) is 6.04 Å². The summed E-state index contributed by atoms with van der Waals surface area (Å²) in [6.45, 7) is 7.77. The smallest absolute Gasteiger partial charge is 0.251 e. The average Bonchev–Trinajstić information content (AvgIpc) is 3.10. The minimum atomic E-state index is -3.76. The molecule has 52 heavy (non-hydrogen) atoms. The number of hydrogen-bond donors (Lipinski definition) is 6. The number of phenolic OH excluding ortho intramolecular Hbond substituents is 1. The van der Waals surface area contributed by atoms with Crippen molar-refractivity contribution in [3.63, 3.8) is 0 Å². The number of amides is 4. The van der Waals surface area contributed by atoms with Crippen LogP contribution in [0.5, 0.6) is 11.5 Å². The number of methoxy groups -OCH3 is 1. The highest BCUT2D eigenvalue weighted by Crippen LogP contribution is 2.26. The van der Waals surface area contributed by atoms with Crippen molar-refractivity contribution >= 4 is 39.3 Å². The van der Waals surface area contributed by atoms with Crippen LogP contribution in [-0.2, 0) is 32.6 Å². The van der Waals surface area contributed by atoms with Crippen LogP contribution in [-0.4, -0.2) is 88.8 Å². The number of phenols is 1. The Bertz CT molecular complexity index is 1820. The van der Waals surface area contributed by atoms with E-state index in [1.165, 1.54) is 38.4 Å². The first-order valence-electron chi connectivity index (χ1n) is 16.9. The molecule has 4 amide bonds. The Balaban J connectivity index is 1.85. The van der Waals surface area contributed by atoms with Gasteiger partial charge in [0, 0.05) is 43.9 Å². The zero-order valence-electron chi connectivity index (χ0n) is 30.6. The molecule has 0 saturated carbocycles. The van der Waals surface area contributed by atoms with E-state index in [-0.39, 0.29) is 59.1 Å². The molecule has 6 N–H and O–H groups in total. The van der Waals surface area contributed by atoms with Crippen molar-refractivity contribution < 1.29 is 37.4 Å². The third kappa shape index (κ3) is 12.0. The first-order valence-corrected chi connectivity index (χ1v) is 18.8. The summed E-state index contributed by atoms with van der Waals surface area (Å²) in [7, 11) is -1.02. The second-order valence-electron chi connectivity index (χ2n) is 12.8. The van der Waals surface area contributed by atoms with E-state index in [9.17, 15) is 32.7 Å². The van der Waals surface area contributed by atoms with Crippen LogP contribution in [0.25, 0.3) is 0 Å². The van der Waals surface area contributed by atoms with Crippen molar-refractivity contribution in [1.82, 2.24) is 26.6 Å². The lowest BCUT2D eigenvalue weighted by Gasteiger charge is -2.25. The second kappa shape index (κ2) is 18.9. The maximum Gasteiger partial charge on any atom is 0.251 e. The standard InChI is InChI=1S/C37H50N6O8S/c1-8-38-37(48)33(23(2)3)42-34(45)24(4)39-22-29(16-25-12-10-9-11-13-25)41-36(47)28-18-27(19-30(20-28)43(5)52(7,49)50)35(46)40-21-26-14-15-32(51-6)31(44)17-26/h9-15,17-20,23-24,29,33,39,44H,8,16,21-22H2,1-7H3,(H,38,48)(H,40,46)(H,41,47)(H,42,45)/t24-,29-,33-/m0/s1. The van der Waals surface area contributed by atoms with Gasteiger partial charge < -0.3 is 36.4 Å². The molecular weight excluding hydrogens is 689 g/mol. The summed E-state index contributed by atoms with van der Waals surface area (Å²) in [4.78, 5) is 52.8. The van der Waals surface area contributed by atoms with Crippen molar-refractivity contribution in [3.05, 3.63) is 89.0 Å². The van der Waals surface area contributed by atoms with Crippen LogP contribution < -0.4 is 35.6 Å². The topological polar surface area (TPSA) is 195 Å². The minimum Gasteiger partial charge on any atom is -0.504 e. The zero-order chi connectivity index (χ0) is 38.6. The molecule has 0 radical (unpaired) electrons. The molecule has 0 aromatic heterocycles. The highest BCUT2D eigenvalue weighted by atomic mass is 32.2. The molecule has 0 bridgehead atoms. The van der Waals surface area contributed by atoms with E-state index in [0.29, 0.717) is 18.5 Å². The molecule has 3 atom stereocenters. The van der Waals surface area contributed by atoms with Gasteiger partial charge in [-0.15, -0.1) is 0 Å². The number of ether oxygens (including phenoxy) is 1. The second-order valence-corrected chi connectivity index (χ2v) is 14.8. The van der Waals surface area contributed by atoms with Gasteiger partial charge in [0.25, 0.3) is 11.8 Å². The van der Waals surface area contributed by atoms with Gasteiger partial charge in [-0.1, -0.05) is 50.2 Å². The summed E-state index contributed by atoms with van der Waals surface area (Å²) in [5, 5.41) is 24.5. The Morgan fingerprint density at radius 2 is 1.50 bits per heavy atom. The Morgan fingerprint density at radius 1 is 0.846 bits per heavy atom. The third-order valence-electron chi connectivity index (χ3n) is 8.32. The molecule has 0 unspecified atom stereocenters. The lowest BCUT2D eigenvalue weighted by atomic mass is 10.0. The molecule has 0 heterocycles. The summed E-state index contributed by atoms with van der Waals surface area (Å²) >= 11 is 0. The van der Waals surface area contributed by atoms with Crippen molar-refractivity contribution in [2.75, 3.05) is 37.8 Å². The van der Waals surface area contributed by atoms with Gasteiger partial charge in [-0.2, -0.15) is 0 Å². The zero-order valence-corrected chi connectivity index (χ0v) is 31.5. The first kappa shape index (κ1) is 41.3. The van der Waals surface area contributed by atoms with Gasteiger partial charge in [-0.25, -0.2) is 8.42 Å². The van der Waals surface area contributed by atoms with Crippen LogP contribution in [0.15, 0.2) is 66.7 Å². The maximum absolute atomic E-state index is 13.9. The van der Waals surface area contributed by atoms with E-state index in [0.717, 1.165) is 16.1 Å². The number of aromatic hydroxyl groups is 1. The molecule has 0 saturated heterocycles. The Morgan fingerprint density at radius 3 is 2.08 bits per heavy atom. The average molecular weight is 739 g/mol. The fourth-order valence-corrected chi connectivity index (χ4v) is 5.72. The first-order chi connectivity index (χ1) is 24.5. The number of carbonyl (C=O) groups excluding carboxylic acids is 4. The van der Waals surface area contributed by atoms with Crippen LogP contribution in [0, 0.1) is 5.92 Å². The van der Waals surface area contributed by atoms with Crippen LogP contribution in [0.3, 0.4) is 0 Å². The summed E-state index contributed by atoms with van der Waals surface area (Å²) in [5.41, 5.74) is 1.66. The summed E-state index contributed by atoms with van der Waals surface area (Å²) in [6, 6.07) is 16.2. The molecule has 0 aliphatic heterocycles. The number of rotatable bonds is 18. The van der Waals surface area contributed by atoms with Crippen molar-refractivity contribution in [3.8, 4) is 11.5 Å². The summed E-state index contributed by atoms with van der Waals surface area (Å²) in [6.07, 6.45) is 1.39. The molecule has 0 aliphatic rings. The molecule has 3 aromatic rings. The van der Waals surface area contributed by atoms with Gasteiger partial charge in [0.2, 0.25) is 21.8 Å². The van der Waals surface area contributed by atoms with E-state index < -0.39 is 40.0 Å². The fourth-order valence-electron chi connectivity index (χ4n) is 5.23. The van der Waals surface area contributed by atoms with Crippen molar-refractivity contribution in [1.29, 1.82) is 0 Å². The summed E-state index contributed by atoms with van der Waals surface area (Å²) in [5.74, 6) is -1.78. The number of benzene rings is 3. The predicted molar refractivity (Wildman–Crippen MR) is 200 cm³/mol. The monoisotopic (exact) mass is 738 g/mol. The molecule has 3 rings (SSSR count). The normalized spacial score (nSPS) is 13.0. The van der Waals surface area contributed by atoms with Gasteiger partial charge in [0.05, 0.1) is 25.1 Å². The van der Waals surface area contributed by atoms with Gasteiger partial charge in [-0.05, 0) is 67.6 Å². The molecule has 3 aromatic carbocycles. The number of nitrogens with one attached hydrogen (secondary N) is 5. The SMILES string of the molecule is CCNC(=O)[C@@H](NC(=O)[C@H](C)NC[C@H](Cc1ccccc1)NC(=O)c1cc(C(=O)NCc2ccc(OC)c(O)c2)cc(N(C)S(C)(=O)=O)c1)C(C)C. The van der Waals surface area contributed by atoms with Crippen molar-refractivity contribution in [2.24, 2.45) is 5.92 Å². The number of sulfonamides is 1. The molecule has 0 fully saturated rings. The van der Waals surface area contributed by atoms with Crippen LogP contribution in [0.4, 0.5) is 5.69 Å². The van der Waals surface area contributed by atoms with E-state index in [1.807, 2.05) is 44.2 Å². The van der Waals surface area contributed by atoms with Gasteiger partial charge >= 0.3 is 0 Å². The third-order valence-corrected chi connectivity index (χ3v) is 9.53. The Kier molecular flexibility index (Phi) is 15.0. The molecule has 282 valence electrons.